The van der Waals surface area contributed by atoms with Gasteiger partial charge in [-0.2, -0.15) is 0 Å². The minimum Gasteiger partial charge on any atom is -0.304 e. The van der Waals surface area contributed by atoms with Gasteiger partial charge < -0.3 is 8.68 Å². The number of hydrogen-bond donors (Lipinski definition) is 0. The van der Waals surface area contributed by atoms with Crippen molar-refractivity contribution in [1.82, 2.24) is 26.3 Å². The van der Waals surface area contributed by atoms with E-state index in [-0.39, 0.29) is 27.1 Å². The zero-order valence-electron chi connectivity index (χ0n) is 42.3. The number of aromatic nitrogens is 4. The third-order valence-electron chi connectivity index (χ3n) is 16.5. The van der Waals surface area contributed by atoms with Gasteiger partial charge in [-0.1, -0.05) is 155 Å². The van der Waals surface area contributed by atoms with Crippen molar-refractivity contribution < 1.29 is 0 Å². The average Bonchev–Trinajstić information content (AvgIpc) is 4.17. The van der Waals surface area contributed by atoms with Gasteiger partial charge in [0.1, 0.15) is 8.22 Å². The van der Waals surface area contributed by atoms with Gasteiger partial charge >= 0.3 is 0 Å². The Hall–Kier alpha value is -3.62. The zero-order chi connectivity index (χ0) is 46.9. The molecule has 0 bridgehead atoms. The molecule has 5 fully saturated rings. The maximum absolute atomic E-state index is 3.15. The monoisotopic (exact) mass is 961 g/mol. The second-order valence-electron chi connectivity index (χ2n) is 24.2. The van der Waals surface area contributed by atoms with Crippen LogP contribution in [-0.4, -0.2) is 60.8 Å². The minimum absolute atomic E-state index is 0.0874. The quantitative estimate of drug-likeness (QED) is 0.153. The van der Waals surface area contributed by atoms with Crippen LogP contribution in [0.15, 0.2) is 128 Å². The lowest BCUT2D eigenvalue weighted by Crippen LogP contribution is -2.40. The molecule has 6 aliphatic rings. The second kappa shape index (κ2) is 17.0. The fourth-order valence-electron chi connectivity index (χ4n) is 14.2. The number of hydrogen-bond acceptors (Lipinski definition) is 2. The molecule has 2 saturated carbocycles. The number of rotatable bonds is 1. The average molecular weight is 961 g/mol. The van der Waals surface area contributed by atoms with Crippen molar-refractivity contribution in [1.29, 1.82) is 0 Å². The summed E-state index contributed by atoms with van der Waals surface area (Å²) in [7, 11) is -1.05. The Morgan fingerprint density at radius 3 is 1.31 bits per heavy atom. The van der Waals surface area contributed by atoms with Gasteiger partial charge in [-0.3, -0.25) is 17.7 Å². The molecular formula is C59H75N6P3. The van der Waals surface area contributed by atoms with Gasteiger partial charge in [0.15, 0.2) is 0 Å². The van der Waals surface area contributed by atoms with E-state index in [1.165, 1.54) is 101 Å². The maximum atomic E-state index is 3.15. The molecule has 3 saturated heterocycles. The van der Waals surface area contributed by atoms with Crippen LogP contribution in [0.4, 0.5) is 0 Å². The molecule has 9 heterocycles. The van der Waals surface area contributed by atoms with Crippen LogP contribution in [0.2, 0.25) is 0 Å². The third-order valence-corrected chi connectivity index (χ3v) is 25.3. The maximum Gasteiger partial charge on any atom is 0.110 e. The second-order valence-corrected chi connectivity index (χ2v) is 32.5. The van der Waals surface area contributed by atoms with Gasteiger partial charge in [0.2, 0.25) is 0 Å². The van der Waals surface area contributed by atoms with Gasteiger partial charge in [0.25, 0.3) is 0 Å². The van der Waals surface area contributed by atoms with Gasteiger partial charge in [-0.25, -0.2) is 0 Å². The summed E-state index contributed by atoms with van der Waals surface area (Å²) in [5.74, 6) is 2.32. The first kappa shape index (κ1) is 45.5. The highest BCUT2D eigenvalue weighted by atomic mass is 31.1. The Morgan fingerprint density at radius 2 is 0.853 bits per heavy atom. The fraction of sp³-hybridized carbons (Fsp3) is 0.492. The molecule has 6 unspecified atom stereocenters. The van der Waals surface area contributed by atoms with E-state index < -0.39 is 8.22 Å². The predicted molar refractivity (Wildman–Crippen MR) is 293 cm³/mol. The summed E-state index contributed by atoms with van der Waals surface area (Å²) < 4.78 is 16.5. The van der Waals surface area contributed by atoms with Gasteiger partial charge in [0.05, 0.1) is 28.0 Å². The van der Waals surface area contributed by atoms with E-state index in [9.17, 15) is 0 Å². The summed E-state index contributed by atoms with van der Waals surface area (Å²) >= 11 is 0. The molecule has 0 spiro atoms. The summed E-state index contributed by atoms with van der Waals surface area (Å²) in [6.45, 7) is 21.8. The Kier molecular flexibility index (Phi) is 11.4. The Balaban J connectivity index is 0.000000112. The van der Waals surface area contributed by atoms with Gasteiger partial charge in [-0.05, 0) is 104 Å². The van der Waals surface area contributed by atoms with E-state index in [0.717, 1.165) is 36.0 Å². The largest absolute Gasteiger partial charge is 0.304 e. The summed E-state index contributed by atoms with van der Waals surface area (Å²) in [4.78, 5) is 0. The number of benzene rings is 3. The standard InChI is InChI=1S/C27H25N2P.C20H35N2P.C12H15N2P/c1-27(2,3)30-28-22-15-9-7-13-20(22)17-24(28)26(19-11-5-4-6-12-19)25-18-21-14-8-10-16-23(21)29(25)30;1-20(2,3)23-21-16-10-6-4-8-14(16)12-18(21)19-13-15-9-5-7-11-17(15)22(19)23;1-12(2,3)15-13-8-4-6-10(13)11-7-5-9-14(11)15/h4-18,26H,1-3H3;14-19H,4-13H2,1-3H3;4-9H,1-3H3. The fourth-order valence-corrected chi connectivity index (χ4v) is 23.6. The zero-order valence-corrected chi connectivity index (χ0v) is 44.9. The first-order chi connectivity index (χ1) is 32.7. The molecule has 356 valence electrons. The molecule has 6 nitrogen and oxygen atoms in total. The summed E-state index contributed by atoms with van der Waals surface area (Å²) in [6, 6.07) is 46.1. The van der Waals surface area contributed by atoms with Crippen molar-refractivity contribution in [2.75, 3.05) is 0 Å². The predicted octanol–water partition coefficient (Wildman–Crippen LogP) is 16.9. The first-order valence-electron chi connectivity index (χ1n) is 26.3. The molecular weight excluding hydrogens is 886 g/mol. The van der Waals surface area contributed by atoms with Crippen molar-refractivity contribution in [3.05, 3.63) is 145 Å². The summed E-state index contributed by atoms with van der Waals surface area (Å²) in [5, 5.41) is 3.54. The normalized spacial score (nSPS) is 28.1. The van der Waals surface area contributed by atoms with Crippen LogP contribution >= 0.6 is 24.3 Å². The topological polar surface area (TPSA) is 25.2 Å². The van der Waals surface area contributed by atoms with Crippen molar-refractivity contribution in [2.45, 2.75) is 172 Å². The molecule has 2 aliphatic carbocycles. The molecule has 4 aliphatic heterocycles. The number of fused-ring (bicyclic) bond motifs is 16. The van der Waals surface area contributed by atoms with E-state index in [1.807, 2.05) is 0 Å². The summed E-state index contributed by atoms with van der Waals surface area (Å²) in [5.41, 5.74) is 9.60. The lowest BCUT2D eigenvalue weighted by atomic mass is 9.83. The van der Waals surface area contributed by atoms with Crippen LogP contribution in [0.5, 0.6) is 0 Å². The van der Waals surface area contributed by atoms with E-state index in [4.69, 9.17) is 0 Å². The summed E-state index contributed by atoms with van der Waals surface area (Å²) in [6.07, 6.45) is 19.6. The van der Waals surface area contributed by atoms with Crippen LogP contribution in [0.25, 0.3) is 32.8 Å². The van der Waals surface area contributed by atoms with Crippen LogP contribution in [0.3, 0.4) is 0 Å². The molecule has 8 aromatic rings. The van der Waals surface area contributed by atoms with Gasteiger partial charge in [-0.15, -0.1) is 0 Å². The number of para-hydroxylation sites is 2. The lowest BCUT2D eigenvalue weighted by molar-refractivity contribution is 0.244. The highest BCUT2D eigenvalue weighted by molar-refractivity contribution is 7.56. The third kappa shape index (κ3) is 7.39. The van der Waals surface area contributed by atoms with Crippen LogP contribution in [-0.2, 0) is 5.16 Å². The van der Waals surface area contributed by atoms with Crippen LogP contribution in [0.1, 0.15) is 149 Å². The van der Waals surface area contributed by atoms with Gasteiger partial charge in [0, 0.05) is 90.3 Å². The molecule has 14 rings (SSSR count). The molecule has 6 atom stereocenters. The Labute approximate surface area is 410 Å². The van der Waals surface area contributed by atoms with E-state index in [1.54, 1.807) is 12.8 Å². The molecule has 0 N–H and O–H groups in total. The van der Waals surface area contributed by atoms with Crippen LogP contribution < -0.4 is 0 Å². The van der Waals surface area contributed by atoms with Crippen LogP contribution in [0, 0.1) is 11.8 Å². The molecule has 68 heavy (non-hydrogen) atoms. The van der Waals surface area contributed by atoms with Crippen molar-refractivity contribution >= 4 is 57.1 Å². The highest BCUT2D eigenvalue weighted by Gasteiger charge is 2.63. The van der Waals surface area contributed by atoms with E-state index in [2.05, 4.69) is 216 Å². The Morgan fingerprint density at radius 1 is 0.426 bits per heavy atom. The highest BCUT2D eigenvalue weighted by Crippen LogP contribution is 2.72. The number of nitrogens with zero attached hydrogens (tertiary/aromatic N) is 6. The van der Waals surface area contributed by atoms with E-state index in [0.29, 0.717) is 10.3 Å². The molecule has 0 radical (unpaired) electrons. The van der Waals surface area contributed by atoms with E-state index >= 15 is 0 Å². The first-order valence-corrected chi connectivity index (χ1v) is 30.0. The molecule has 0 amide bonds. The Bertz CT molecular complexity index is 2920. The van der Waals surface area contributed by atoms with Crippen molar-refractivity contribution in [3.8, 4) is 0 Å². The molecule has 3 aromatic carbocycles. The SMILES string of the molecule is CC(C)(C)P1N2C3CCCCC3CC2C2CC3CCCCC3N21.CC(C)(C)P1n2c(cc3ccccc32)C(c2ccccc2)c2cc3ccccc3n21.CC(C)(C)p1n2cccc2c2cccn21. The lowest BCUT2D eigenvalue weighted by Gasteiger charge is -2.46. The van der Waals surface area contributed by atoms with Crippen molar-refractivity contribution in [2.24, 2.45) is 11.8 Å². The molecule has 5 aromatic heterocycles. The van der Waals surface area contributed by atoms with Crippen molar-refractivity contribution in [3.63, 3.8) is 0 Å². The smallest absolute Gasteiger partial charge is 0.110 e. The minimum atomic E-state index is -0.654. The molecule has 9 heteroatoms.